The minimum atomic E-state index is -0.323. The van der Waals surface area contributed by atoms with Crippen LogP contribution in [0.15, 0.2) is 54.6 Å². The van der Waals surface area contributed by atoms with Gasteiger partial charge in [0.2, 0.25) is 0 Å². The van der Waals surface area contributed by atoms with E-state index in [1.54, 1.807) is 16.8 Å². The Hall–Kier alpha value is -2.20. The second-order valence-corrected chi connectivity index (χ2v) is 4.74. The summed E-state index contributed by atoms with van der Waals surface area (Å²) in [6, 6.07) is 16.0. The highest BCUT2D eigenvalue weighted by Crippen LogP contribution is 2.26. The lowest BCUT2D eigenvalue weighted by molar-refractivity contribution is 0.628. The summed E-state index contributed by atoms with van der Waals surface area (Å²) in [7, 11) is 0. The zero-order chi connectivity index (χ0) is 13.9. The third kappa shape index (κ3) is 2.56. The maximum atomic E-state index is 13.2. The summed E-state index contributed by atoms with van der Waals surface area (Å²) >= 11 is 6.28. The van der Waals surface area contributed by atoms with Gasteiger partial charge in [0.1, 0.15) is 11.5 Å². The number of benzene rings is 2. The molecule has 3 aromatic rings. The molecule has 0 aliphatic heterocycles. The maximum Gasteiger partial charge on any atom is 0.155 e. The van der Waals surface area contributed by atoms with Crippen molar-refractivity contribution in [2.75, 3.05) is 0 Å². The summed E-state index contributed by atoms with van der Waals surface area (Å²) in [5, 5.41) is 8.47. The lowest BCUT2D eigenvalue weighted by atomic mass is 10.1. The summed E-state index contributed by atoms with van der Waals surface area (Å²) in [6.45, 7) is 0.530. The van der Waals surface area contributed by atoms with Gasteiger partial charge < -0.3 is 0 Å². The number of aromatic nitrogens is 3. The smallest absolute Gasteiger partial charge is 0.155 e. The van der Waals surface area contributed by atoms with Gasteiger partial charge in [0, 0.05) is 5.56 Å². The van der Waals surface area contributed by atoms with Crippen molar-refractivity contribution in [2.45, 2.75) is 6.54 Å². The van der Waals surface area contributed by atoms with Gasteiger partial charge in [0.25, 0.3) is 0 Å². The van der Waals surface area contributed by atoms with Crippen LogP contribution in [0.2, 0.25) is 5.15 Å². The fraction of sp³-hybridized carbons (Fsp3) is 0.0667. The molecule has 0 aliphatic carbocycles. The molecule has 20 heavy (non-hydrogen) atoms. The summed E-state index contributed by atoms with van der Waals surface area (Å²) < 4.78 is 14.8. The first-order chi connectivity index (χ1) is 9.74. The minimum Gasteiger partial charge on any atom is -0.229 e. The summed E-state index contributed by atoms with van der Waals surface area (Å²) in [4.78, 5) is 0. The predicted molar refractivity (Wildman–Crippen MR) is 76.0 cm³/mol. The highest BCUT2D eigenvalue weighted by Gasteiger charge is 2.13. The van der Waals surface area contributed by atoms with Crippen LogP contribution in [0.25, 0.3) is 11.3 Å². The maximum absolute atomic E-state index is 13.2. The van der Waals surface area contributed by atoms with Crippen molar-refractivity contribution in [1.29, 1.82) is 0 Å². The topological polar surface area (TPSA) is 30.7 Å². The van der Waals surface area contributed by atoms with E-state index in [1.165, 1.54) is 12.1 Å². The van der Waals surface area contributed by atoms with Crippen molar-refractivity contribution in [3.63, 3.8) is 0 Å². The fourth-order valence-electron chi connectivity index (χ4n) is 1.97. The number of halogens is 2. The molecule has 5 heteroatoms. The third-order valence-corrected chi connectivity index (χ3v) is 3.32. The highest BCUT2D eigenvalue weighted by molar-refractivity contribution is 6.32. The number of rotatable bonds is 3. The highest BCUT2D eigenvalue weighted by atomic mass is 35.5. The van der Waals surface area contributed by atoms with Crippen LogP contribution < -0.4 is 0 Å². The van der Waals surface area contributed by atoms with Gasteiger partial charge in [0.05, 0.1) is 6.54 Å². The van der Waals surface area contributed by atoms with E-state index in [2.05, 4.69) is 10.3 Å². The SMILES string of the molecule is Fc1cccc(-c2nnn(Cc3ccccc3)c2Cl)c1. The molecule has 2 aromatic carbocycles. The minimum absolute atomic E-state index is 0.323. The summed E-state index contributed by atoms with van der Waals surface area (Å²) in [6.07, 6.45) is 0. The molecule has 0 N–H and O–H groups in total. The first-order valence-electron chi connectivity index (χ1n) is 6.13. The van der Waals surface area contributed by atoms with E-state index in [-0.39, 0.29) is 5.82 Å². The van der Waals surface area contributed by atoms with Gasteiger partial charge in [-0.3, -0.25) is 0 Å². The summed E-state index contributed by atoms with van der Waals surface area (Å²) in [5.74, 6) is -0.323. The lowest BCUT2D eigenvalue weighted by Crippen LogP contribution is -2.01. The number of hydrogen-bond donors (Lipinski definition) is 0. The van der Waals surface area contributed by atoms with Crippen molar-refractivity contribution >= 4 is 11.6 Å². The Kier molecular flexibility index (Phi) is 3.48. The van der Waals surface area contributed by atoms with E-state index in [9.17, 15) is 4.39 Å². The van der Waals surface area contributed by atoms with E-state index >= 15 is 0 Å². The van der Waals surface area contributed by atoms with Crippen molar-refractivity contribution in [3.05, 3.63) is 71.1 Å². The molecule has 0 amide bonds. The molecular weight excluding hydrogens is 277 g/mol. The zero-order valence-electron chi connectivity index (χ0n) is 10.5. The standard InChI is InChI=1S/C15H11ClFN3/c16-15-14(12-7-4-8-13(17)9-12)18-19-20(15)10-11-5-2-1-3-6-11/h1-9H,10H2. The van der Waals surface area contributed by atoms with Gasteiger partial charge in [-0.2, -0.15) is 0 Å². The van der Waals surface area contributed by atoms with Crippen molar-refractivity contribution in [3.8, 4) is 11.3 Å². The van der Waals surface area contributed by atoms with Gasteiger partial charge in [-0.15, -0.1) is 5.10 Å². The van der Waals surface area contributed by atoms with Gasteiger partial charge in [-0.05, 0) is 17.7 Å². The van der Waals surface area contributed by atoms with Crippen molar-refractivity contribution in [2.24, 2.45) is 0 Å². The first kappa shape index (κ1) is 12.8. The number of nitrogens with zero attached hydrogens (tertiary/aromatic N) is 3. The van der Waals surface area contributed by atoms with Crippen LogP contribution >= 0.6 is 11.6 Å². The van der Waals surface area contributed by atoms with E-state index in [0.717, 1.165) is 5.56 Å². The Morgan fingerprint density at radius 3 is 2.60 bits per heavy atom. The predicted octanol–water partition coefficient (Wildman–Crippen LogP) is 3.79. The zero-order valence-corrected chi connectivity index (χ0v) is 11.3. The molecule has 1 heterocycles. The van der Waals surface area contributed by atoms with Crippen LogP contribution in [0.4, 0.5) is 4.39 Å². The van der Waals surface area contributed by atoms with Gasteiger partial charge in [-0.25, -0.2) is 9.07 Å². The van der Waals surface area contributed by atoms with Crippen LogP contribution in [-0.2, 0) is 6.54 Å². The van der Waals surface area contributed by atoms with Gasteiger partial charge >= 0.3 is 0 Å². The lowest BCUT2D eigenvalue weighted by Gasteiger charge is -2.02. The van der Waals surface area contributed by atoms with Crippen LogP contribution in [-0.4, -0.2) is 15.0 Å². The van der Waals surface area contributed by atoms with Crippen molar-refractivity contribution in [1.82, 2.24) is 15.0 Å². The van der Waals surface area contributed by atoms with E-state index in [0.29, 0.717) is 23.0 Å². The molecule has 0 atom stereocenters. The molecule has 0 bridgehead atoms. The molecule has 3 rings (SSSR count). The van der Waals surface area contributed by atoms with Crippen LogP contribution in [0.3, 0.4) is 0 Å². The number of hydrogen-bond acceptors (Lipinski definition) is 2. The Morgan fingerprint density at radius 2 is 1.85 bits per heavy atom. The average molecular weight is 288 g/mol. The van der Waals surface area contributed by atoms with Crippen LogP contribution in [0.5, 0.6) is 0 Å². The van der Waals surface area contributed by atoms with E-state index < -0.39 is 0 Å². The monoisotopic (exact) mass is 287 g/mol. The molecule has 0 spiro atoms. The fourth-order valence-corrected chi connectivity index (χ4v) is 2.21. The van der Waals surface area contributed by atoms with Gasteiger partial charge in [-0.1, -0.05) is 59.3 Å². The van der Waals surface area contributed by atoms with E-state index in [4.69, 9.17) is 11.6 Å². The molecule has 1 aromatic heterocycles. The average Bonchev–Trinajstić information content (AvgIpc) is 2.81. The summed E-state index contributed by atoms with van der Waals surface area (Å²) in [5.41, 5.74) is 2.18. The Bertz CT molecular complexity index is 725. The second-order valence-electron chi connectivity index (χ2n) is 4.38. The molecular formula is C15H11ClFN3. The molecule has 0 saturated carbocycles. The first-order valence-corrected chi connectivity index (χ1v) is 6.50. The normalized spacial score (nSPS) is 10.7. The molecule has 100 valence electrons. The largest absolute Gasteiger partial charge is 0.229 e. The molecule has 0 radical (unpaired) electrons. The third-order valence-electron chi connectivity index (χ3n) is 2.95. The Labute approximate surface area is 120 Å². The van der Waals surface area contributed by atoms with E-state index in [1.807, 2.05) is 30.3 Å². The molecule has 0 saturated heterocycles. The molecule has 3 nitrogen and oxygen atoms in total. The molecule has 0 aliphatic rings. The Morgan fingerprint density at radius 1 is 1.05 bits per heavy atom. The quantitative estimate of drug-likeness (QED) is 0.734. The Balaban J connectivity index is 1.93. The van der Waals surface area contributed by atoms with Crippen LogP contribution in [0, 0.1) is 5.82 Å². The van der Waals surface area contributed by atoms with Gasteiger partial charge in [0.15, 0.2) is 5.15 Å². The van der Waals surface area contributed by atoms with Crippen molar-refractivity contribution < 1.29 is 4.39 Å². The molecule has 0 unspecified atom stereocenters. The van der Waals surface area contributed by atoms with Crippen LogP contribution in [0.1, 0.15) is 5.56 Å². The molecule has 0 fully saturated rings. The second kappa shape index (κ2) is 5.43.